The topological polar surface area (TPSA) is 74.8 Å². The minimum Gasteiger partial charge on any atom is -0.353 e. The summed E-state index contributed by atoms with van der Waals surface area (Å²) in [6.07, 6.45) is 0. The van der Waals surface area contributed by atoms with Crippen LogP contribution < -0.4 is 10.9 Å². The highest BCUT2D eigenvalue weighted by atomic mass is 32.2. The fraction of sp³-hybridized carbons (Fsp3) is 0.350. The second-order valence-electron chi connectivity index (χ2n) is 6.94. The number of halogens is 1. The minimum atomic E-state index is -0.318. The van der Waals surface area contributed by atoms with Gasteiger partial charge in [0.25, 0.3) is 5.56 Å². The highest BCUT2D eigenvalue weighted by Crippen LogP contribution is 2.31. The molecule has 0 radical (unpaired) electrons. The van der Waals surface area contributed by atoms with Crippen LogP contribution >= 0.6 is 23.1 Å². The number of carbonyl (C=O) groups is 1. The first-order valence-corrected chi connectivity index (χ1v) is 11.0. The lowest BCUT2D eigenvalue weighted by atomic mass is 10.1. The van der Waals surface area contributed by atoms with Crippen LogP contribution in [-0.2, 0) is 10.5 Å². The molecule has 148 valence electrons. The predicted molar refractivity (Wildman–Crippen MR) is 114 cm³/mol. The van der Waals surface area contributed by atoms with Gasteiger partial charge in [-0.25, -0.2) is 9.37 Å². The molecule has 1 aromatic carbocycles. The summed E-state index contributed by atoms with van der Waals surface area (Å²) in [6.45, 7) is 6.10. The first-order chi connectivity index (χ1) is 13.3. The van der Waals surface area contributed by atoms with Gasteiger partial charge >= 0.3 is 0 Å². The average molecular weight is 420 g/mol. The van der Waals surface area contributed by atoms with Crippen molar-refractivity contribution in [1.82, 2.24) is 15.3 Å². The summed E-state index contributed by atoms with van der Waals surface area (Å²) in [4.78, 5) is 32.5. The quantitative estimate of drug-likeness (QED) is 0.602. The number of nitrogens with one attached hydrogen (secondary N) is 2. The molecule has 3 aromatic rings. The molecule has 0 saturated heterocycles. The molecule has 1 amide bonds. The monoisotopic (exact) mass is 419 g/mol. The van der Waals surface area contributed by atoms with E-state index in [0.717, 1.165) is 11.1 Å². The molecular formula is C20H22FN3O2S2. The Labute approximate surface area is 170 Å². The maximum absolute atomic E-state index is 13.2. The van der Waals surface area contributed by atoms with E-state index in [0.29, 0.717) is 33.5 Å². The van der Waals surface area contributed by atoms with Gasteiger partial charge in [0.15, 0.2) is 0 Å². The average Bonchev–Trinajstić information content (AvgIpc) is 3.06. The van der Waals surface area contributed by atoms with Gasteiger partial charge in [0.1, 0.15) is 16.5 Å². The van der Waals surface area contributed by atoms with Crippen molar-refractivity contribution in [2.75, 3.05) is 5.75 Å². The third kappa shape index (κ3) is 4.80. The number of rotatable bonds is 7. The molecule has 0 unspecified atom stereocenters. The molecule has 0 aliphatic rings. The van der Waals surface area contributed by atoms with Gasteiger partial charge in [-0.15, -0.1) is 23.1 Å². The number of hydrogen-bond donors (Lipinski definition) is 2. The lowest BCUT2D eigenvalue weighted by molar-refractivity contribution is -0.119. The summed E-state index contributed by atoms with van der Waals surface area (Å²) in [5.74, 6) is 1.33. The third-order valence-electron chi connectivity index (χ3n) is 4.51. The largest absolute Gasteiger partial charge is 0.353 e. The molecule has 3 rings (SSSR count). The Morgan fingerprint density at radius 1 is 1.29 bits per heavy atom. The number of amides is 1. The maximum atomic E-state index is 13.2. The standard InChI is InChI=1S/C20H22FN3O2S2/c1-11(2)12(3)22-17(25)10-27-9-16-23-19(26)18-15(8-28-20(18)24-16)13-4-6-14(21)7-5-13/h4-8,11-12H,9-10H2,1-3H3,(H,22,25)(H,23,24,26)/t12-/m1/s1. The van der Waals surface area contributed by atoms with Gasteiger partial charge in [0, 0.05) is 17.0 Å². The van der Waals surface area contributed by atoms with Crippen LogP contribution in [0.1, 0.15) is 26.6 Å². The number of benzene rings is 1. The van der Waals surface area contributed by atoms with Gasteiger partial charge in [-0.3, -0.25) is 9.59 Å². The van der Waals surface area contributed by atoms with Crippen LogP contribution in [0.4, 0.5) is 4.39 Å². The fourth-order valence-corrected chi connectivity index (χ4v) is 4.27. The van der Waals surface area contributed by atoms with Crippen LogP contribution in [0.25, 0.3) is 21.3 Å². The van der Waals surface area contributed by atoms with Crippen molar-refractivity contribution in [1.29, 1.82) is 0 Å². The summed E-state index contributed by atoms with van der Waals surface area (Å²) < 4.78 is 13.2. The van der Waals surface area contributed by atoms with E-state index in [4.69, 9.17) is 0 Å². The summed E-state index contributed by atoms with van der Waals surface area (Å²) in [7, 11) is 0. The number of fused-ring (bicyclic) bond motifs is 1. The van der Waals surface area contributed by atoms with Crippen molar-refractivity contribution in [3.63, 3.8) is 0 Å². The van der Waals surface area contributed by atoms with E-state index < -0.39 is 0 Å². The van der Waals surface area contributed by atoms with Crippen molar-refractivity contribution in [3.8, 4) is 11.1 Å². The van der Waals surface area contributed by atoms with E-state index in [2.05, 4.69) is 29.1 Å². The first kappa shape index (κ1) is 20.5. The van der Waals surface area contributed by atoms with E-state index >= 15 is 0 Å². The van der Waals surface area contributed by atoms with Crippen LogP contribution in [0.2, 0.25) is 0 Å². The molecule has 8 heteroatoms. The molecule has 0 spiro atoms. The minimum absolute atomic E-state index is 0.0238. The van der Waals surface area contributed by atoms with Crippen LogP contribution in [-0.4, -0.2) is 27.7 Å². The zero-order valence-electron chi connectivity index (χ0n) is 15.9. The lowest BCUT2D eigenvalue weighted by Gasteiger charge is -2.17. The second kappa shape index (κ2) is 8.87. The van der Waals surface area contributed by atoms with Crippen LogP contribution in [0.5, 0.6) is 0 Å². The number of nitrogens with zero attached hydrogens (tertiary/aromatic N) is 1. The number of carbonyl (C=O) groups excluding carboxylic acids is 1. The van der Waals surface area contributed by atoms with Crippen LogP contribution in [0.15, 0.2) is 34.4 Å². The molecular weight excluding hydrogens is 397 g/mol. The summed E-state index contributed by atoms with van der Waals surface area (Å²) >= 11 is 2.79. The summed E-state index contributed by atoms with van der Waals surface area (Å²) in [5.41, 5.74) is 1.30. The number of H-pyrrole nitrogens is 1. The molecule has 0 aliphatic heterocycles. The highest BCUT2D eigenvalue weighted by Gasteiger charge is 2.14. The summed E-state index contributed by atoms with van der Waals surface area (Å²) in [5, 5.41) is 5.32. The number of aromatic nitrogens is 2. The van der Waals surface area contributed by atoms with E-state index in [1.807, 2.05) is 12.3 Å². The van der Waals surface area contributed by atoms with Gasteiger partial charge in [-0.05, 0) is 30.5 Å². The van der Waals surface area contributed by atoms with Gasteiger partial charge in [-0.2, -0.15) is 0 Å². The Morgan fingerprint density at radius 3 is 2.68 bits per heavy atom. The zero-order chi connectivity index (χ0) is 20.3. The fourth-order valence-electron chi connectivity index (χ4n) is 2.61. The highest BCUT2D eigenvalue weighted by molar-refractivity contribution is 7.99. The Kier molecular flexibility index (Phi) is 6.51. The van der Waals surface area contributed by atoms with Gasteiger partial charge in [0.2, 0.25) is 5.91 Å². The van der Waals surface area contributed by atoms with Crippen molar-refractivity contribution in [2.24, 2.45) is 5.92 Å². The normalized spacial score (nSPS) is 12.5. The summed E-state index contributed by atoms with van der Waals surface area (Å²) in [6, 6.07) is 6.17. The van der Waals surface area contributed by atoms with Crippen molar-refractivity contribution >= 4 is 39.2 Å². The molecule has 5 nitrogen and oxygen atoms in total. The number of thioether (sulfide) groups is 1. The molecule has 0 bridgehead atoms. The van der Waals surface area contributed by atoms with Gasteiger partial charge in [-0.1, -0.05) is 26.0 Å². The molecule has 1 atom stereocenters. The Hall–Kier alpha value is -2.19. The molecule has 2 aromatic heterocycles. The number of aromatic amines is 1. The van der Waals surface area contributed by atoms with Crippen molar-refractivity contribution < 1.29 is 9.18 Å². The van der Waals surface area contributed by atoms with Gasteiger partial charge < -0.3 is 10.3 Å². The SMILES string of the molecule is CC(C)[C@@H](C)NC(=O)CSCc1nc2scc(-c3ccc(F)cc3)c2c(=O)[nH]1. The number of thiophene rings is 1. The van der Waals surface area contributed by atoms with Crippen LogP contribution in [0.3, 0.4) is 0 Å². The smallest absolute Gasteiger partial charge is 0.260 e. The molecule has 0 aliphatic carbocycles. The van der Waals surface area contributed by atoms with E-state index in [9.17, 15) is 14.0 Å². The van der Waals surface area contributed by atoms with E-state index in [1.165, 1.54) is 35.2 Å². The molecule has 0 fully saturated rings. The van der Waals surface area contributed by atoms with Crippen molar-refractivity contribution in [2.45, 2.75) is 32.6 Å². The molecule has 28 heavy (non-hydrogen) atoms. The molecule has 2 N–H and O–H groups in total. The Morgan fingerprint density at radius 2 is 2.00 bits per heavy atom. The zero-order valence-corrected chi connectivity index (χ0v) is 17.5. The lowest BCUT2D eigenvalue weighted by Crippen LogP contribution is -2.37. The predicted octanol–water partition coefficient (Wildman–Crippen LogP) is 4.18. The Balaban J connectivity index is 1.70. The first-order valence-electron chi connectivity index (χ1n) is 8.98. The Bertz CT molecular complexity index is 1030. The third-order valence-corrected chi connectivity index (χ3v) is 6.32. The van der Waals surface area contributed by atoms with E-state index in [1.54, 1.807) is 12.1 Å². The number of hydrogen-bond acceptors (Lipinski definition) is 5. The second-order valence-corrected chi connectivity index (χ2v) is 8.79. The van der Waals surface area contributed by atoms with E-state index in [-0.39, 0.29) is 23.3 Å². The maximum Gasteiger partial charge on any atom is 0.260 e. The van der Waals surface area contributed by atoms with Crippen LogP contribution in [0, 0.1) is 11.7 Å². The van der Waals surface area contributed by atoms with Gasteiger partial charge in [0.05, 0.1) is 16.9 Å². The molecule has 2 heterocycles. The van der Waals surface area contributed by atoms with Crippen molar-refractivity contribution in [3.05, 3.63) is 51.6 Å². The molecule has 0 saturated carbocycles.